The summed E-state index contributed by atoms with van der Waals surface area (Å²) in [5.41, 5.74) is 1.11. The van der Waals surface area contributed by atoms with E-state index in [1.807, 2.05) is 0 Å². The zero-order valence-corrected chi connectivity index (χ0v) is 10.8. The van der Waals surface area contributed by atoms with Gasteiger partial charge in [-0.3, -0.25) is 19.3 Å². The fourth-order valence-electron chi connectivity index (χ4n) is 1.96. The fraction of sp³-hybridized carbons (Fsp3) is 0.357. The van der Waals surface area contributed by atoms with Gasteiger partial charge in [-0.15, -0.1) is 0 Å². The summed E-state index contributed by atoms with van der Waals surface area (Å²) < 4.78 is 0. The molecule has 1 aliphatic heterocycles. The van der Waals surface area contributed by atoms with Gasteiger partial charge in [0, 0.05) is 30.6 Å². The van der Waals surface area contributed by atoms with Crippen LogP contribution in [0.2, 0.25) is 0 Å². The summed E-state index contributed by atoms with van der Waals surface area (Å²) in [6, 6.07) is 6.58. The lowest BCUT2D eigenvalue weighted by Crippen LogP contribution is -2.31. The highest BCUT2D eigenvalue weighted by molar-refractivity contribution is 6.05. The van der Waals surface area contributed by atoms with Gasteiger partial charge < -0.3 is 5.32 Å². The van der Waals surface area contributed by atoms with Crippen LogP contribution in [-0.4, -0.2) is 29.2 Å². The van der Waals surface area contributed by atoms with Gasteiger partial charge in [-0.2, -0.15) is 0 Å². The summed E-state index contributed by atoms with van der Waals surface area (Å²) in [7, 11) is 0. The van der Waals surface area contributed by atoms with Crippen molar-refractivity contribution in [2.45, 2.75) is 26.2 Å². The molecular weight excluding hydrogens is 244 g/mol. The zero-order valence-electron chi connectivity index (χ0n) is 10.8. The van der Waals surface area contributed by atoms with Crippen LogP contribution in [0.1, 0.15) is 36.5 Å². The van der Waals surface area contributed by atoms with Crippen LogP contribution in [-0.2, 0) is 9.59 Å². The molecule has 3 amide bonds. The molecule has 19 heavy (non-hydrogen) atoms. The monoisotopic (exact) mass is 260 g/mol. The highest BCUT2D eigenvalue weighted by Gasteiger charge is 2.27. The first-order valence-electron chi connectivity index (χ1n) is 6.36. The van der Waals surface area contributed by atoms with E-state index in [4.69, 9.17) is 0 Å². The third-order valence-electron chi connectivity index (χ3n) is 3.06. The number of imide groups is 1. The van der Waals surface area contributed by atoms with Crippen molar-refractivity contribution in [1.82, 2.24) is 4.90 Å². The topological polar surface area (TPSA) is 66.5 Å². The molecule has 0 aliphatic carbocycles. The van der Waals surface area contributed by atoms with E-state index in [2.05, 4.69) is 5.32 Å². The average Bonchev–Trinajstić information content (AvgIpc) is 2.85. The molecule has 0 spiro atoms. The van der Waals surface area contributed by atoms with Crippen molar-refractivity contribution in [2.24, 2.45) is 0 Å². The molecule has 0 unspecified atom stereocenters. The minimum Gasteiger partial charge on any atom is -0.326 e. The van der Waals surface area contributed by atoms with E-state index < -0.39 is 0 Å². The number of rotatable bonds is 3. The van der Waals surface area contributed by atoms with Crippen LogP contribution >= 0.6 is 0 Å². The van der Waals surface area contributed by atoms with E-state index in [9.17, 15) is 14.4 Å². The lowest BCUT2D eigenvalue weighted by molar-refractivity contribution is -0.125. The first kappa shape index (κ1) is 13.3. The molecule has 1 aliphatic rings. The van der Waals surface area contributed by atoms with Crippen LogP contribution in [0.3, 0.4) is 0 Å². The van der Waals surface area contributed by atoms with E-state index in [-0.39, 0.29) is 17.7 Å². The van der Waals surface area contributed by atoms with Crippen LogP contribution in [0.25, 0.3) is 0 Å². The highest BCUT2D eigenvalue weighted by atomic mass is 16.2. The number of amides is 3. The molecule has 0 saturated carbocycles. The number of carbonyl (C=O) groups excluding carboxylic acids is 3. The Kier molecular flexibility index (Phi) is 3.94. The molecule has 1 aromatic carbocycles. The predicted octanol–water partition coefficient (Wildman–Crippen LogP) is 1.80. The molecule has 1 heterocycles. The van der Waals surface area contributed by atoms with Gasteiger partial charge in [-0.25, -0.2) is 0 Å². The predicted molar refractivity (Wildman–Crippen MR) is 70.6 cm³/mol. The quantitative estimate of drug-likeness (QED) is 0.843. The minimum absolute atomic E-state index is 0.0752. The van der Waals surface area contributed by atoms with Crippen LogP contribution in [0.5, 0.6) is 0 Å². The number of anilines is 1. The molecule has 1 saturated heterocycles. The van der Waals surface area contributed by atoms with Crippen LogP contribution < -0.4 is 5.32 Å². The summed E-state index contributed by atoms with van der Waals surface area (Å²) in [4.78, 5) is 36.1. The molecule has 0 atom stereocenters. The Morgan fingerprint density at radius 1 is 1.26 bits per heavy atom. The lowest BCUT2D eigenvalue weighted by Gasteiger charge is -2.13. The molecule has 0 aromatic heterocycles. The second kappa shape index (κ2) is 5.65. The van der Waals surface area contributed by atoms with E-state index in [0.29, 0.717) is 30.6 Å². The summed E-state index contributed by atoms with van der Waals surface area (Å²) in [6.45, 7) is 2.26. The SMILES string of the molecule is CCC(=O)Nc1ccc(C(=O)N2CCCC2=O)cc1. The average molecular weight is 260 g/mol. The molecule has 1 N–H and O–H groups in total. The summed E-state index contributed by atoms with van der Waals surface area (Å²) in [5.74, 6) is -0.460. The Morgan fingerprint density at radius 3 is 2.47 bits per heavy atom. The zero-order chi connectivity index (χ0) is 13.8. The largest absolute Gasteiger partial charge is 0.326 e. The van der Waals surface area contributed by atoms with Crippen molar-refractivity contribution in [1.29, 1.82) is 0 Å². The first-order chi connectivity index (χ1) is 9.11. The Labute approximate surface area is 111 Å². The van der Waals surface area contributed by atoms with Crippen molar-refractivity contribution in [2.75, 3.05) is 11.9 Å². The second-order valence-corrected chi connectivity index (χ2v) is 4.43. The van der Waals surface area contributed by atoms with Crippen LogP contribution in [0.15, 0.2) is 24.3 Å². The van der Waals surface area contributed by atoms with Gasteiger partial charge in [0.2, 0.25) is 11.8 Å². The molecule has 0 bridgehead atoms. The molecule has 2 rings (SSSR count). The number of likely N-dealkylation sites (tertiary alicyclic amines) is 1. The summed E-state index contributed by atoms with van der Waals surface area (Å²) in [5, 5.41) is 2.71. The van der Waals surface area contributed by atoms with Crippen LogP contribution in [0, 0.1) is 0 Å². The van der Waals surface area contributed by atoms with E-state index >= 15 is 0 Å². The minimum atomic E-state index is -0.268. The fourth-order valence-corrected chi connectivity index (χ4v) is 1.96. The third-order valence-corrected chi connectivity index (χ3v) is 3.06. The lowest BCUT2D eigenvalue weighted by atomic mass is 10.2. The third kappa shape index (κ3) is 2.99. The second-order valence-electron chi connectivity index (χ2n) is 4.43. The van der Waals surface area contributed by atoms with Gasteiger partial charge in [-0.1, -0.05) is 6.92 Å². The Morgan fingerprint density at radius 2 is 1.95 bits per heavy atom. The van der Waals surface area contributed by atoms with E-state index in [0.717, 1.165) is 6.42 Å². The van der Waals surface area contributed by atoms with Crippen molar-refractivity contribution < 1.29 is 14.4 Å². The molecule has 100 valence electrons. The molecule has 0 radical (unpaired) electrons. The maximum atomic E-state index is 12.1. The highest BCUT2D eigenvalue weighted by Crippen LogP contribution is 2.16. The number of carbonyl (C=O) groups is 3. The van der Waals surface area contributed by atoms with Gasteiger partial charge in [0.25, 0.3) is 5.91 Å². The van der Waals surface area contributed by atoms with Gasteiger partial charge in [0.15, 0.2) is 0 Å². The molecule has 1 fully saturated rings. The van der Waals surface area contributed by atoms with Crippen molar-refractivity contribution >= 4 is 23.4 Å². The molecule has 5 heteroatoms. The standard InChI is InChI=1S/C14H16N2O3/c1-2-12(17)15-11-7-5-10(6-8-11)14(19)16-9-3-4-13(16)18/h5-8H,2-4,9H2,1H3,(H,15,17). The Balaban J connectivity index is 2.07. The van der Waals surface area contributed by atoms with Crippen LogP contribution in [0.4, 0.5) is 5.69 Å². The van der Waals surface area contributed by atoms with E-state index in [1.54, 1.807) is 31.2 Å². The molecule has 1 aromatic rings. The number of nitrogens with one attached hydrogen (secondary N) is 1. The van der Waals surface area contributed by atoms with E-state index in [1.165, 1.54) is 4.90 Å². The van der Waals surface area contributed by atoms with Gasteiger partial charge >= 0.3 is 0 Å². The number of hydrogen-bond donors (Lipinski definition) is 1. The van der Waals surface area contributed by atoms with Gasteiger partial charge in [0.1, 0.15) is 0 Å². The van der Waals surface area contributed by atoms with Crippen molar-refractivity contribution in [3.8, 4) is 0 Å². The molecule has 5 nitrogen and oxygen atoms in total. The van der Waals surface area contributed by atoms with Gasteiger partial charge in [-0.05, 0) is 30.7 Å². The van der Waals surface area contributed by atoms with Gasteiger partial charge in [0.05, 0.1) is 0 Å². The maximum Gasteiger partial charge on any atom is 0.260 e. The summed E-state index contributed by atoms with van der Waals surface area (Å²) in [6.07, 6.45) is 1.58. The first-order valence-corrected chi connectivity index (χ1v) is 6.36. The smallest absolute Gasteiger partial charge is 0.260 e. The normalized spacial score (nSPS) is 14.6. The summed E-state index contributed by atoms with van der Waals surface area (Å²) >= 11 is 0. The Bertz CT molecular complexity index is 508. The molecular formula is C14H16N2O3. The number of benzene rings is 1. The van der Waals surface area contributed by atoms with Crippen molar-refractivity contribution in [3.63, 3.8) is 0 Å². The maximum absolute atomic E-state index is 12.1. The van der Waals surface area contributed by atoms with Crippen molar-refractivity contribution in [3.05, 3.63) is 29.8 Å². The number of nitrogens with zero attached hydrogens (tertiary/aromatic N) is 1. The Hall–Kier alpha value is -2.17. The number of hydrogen-bond acceptors (Lipinski definition) is 3.